The lowest BCUT2D eigenvalue weighted by atomic mass is 9.70. The highest BCUT2D eigenvalue weighted by molar-refractivity contribution is 5.70. The highest BCUT2D eigenvalue weighted by Crippen LogP contribution is 2.44. The number of aryl methyl sites for hydroxylation is 1. The number of ether oxygens (including phenoxy) is 1. The molecule has 2 atom stereocenters. The monoisotopic (exact) mass is 472 g/mol. The van der Waals surface area contributed by atoms with Crippen molar-refractivity contribution in [1.82, 2.24) is 10.2 Å². The van der Waals surface area contributed by atoms with Gasteiger partial charge in [0.15, 0.2) is 0 Å². The molecule has 2 aromatic rings. The fraction of sp³-hybridized carbons (Fsp3) is 0.519. The van der Waals surface area contributed by atoms with Gasteiger partial charge < -0.3 is 10.1 Å². The average Bonchev–Trinajstić information content (AvgIpc) is 2.81. The Morgan fingerprint density at radius 2 is 1.74 bits per heavy atom. The number of hydrogen-bond donors (Lipinski definition) is 1. The number of alkyl halides is 3. The van der Waals surface area contributed by atoms with Gasteiger partial charge in [0, 0.05) is 6.54 Å². The molecule has 3 saturated heterocycles. The van der Waals surface area contributed by atoms with E-state index in [0.717, 1.165) is 79.7 Å². The van der Waals surface area contributed by atoms with Gasteiger partial charge in [-0.25, -0.2) is 4.79 Å². The quantitative estimate of drug-likeness (QED) is 0.578. The van der Waals surface area contributed by atoms with Gasteiger partial charge in [-0.1, -0.05) is 44.2 Å². The molecule has 1 amide bonds. The number of alkyl carbamates (subject to hydrolysis) is 1. The number of nitrogens with one attached hydrogen (secondary N) is 1. The highest BCUT2D eigenvalue weighted by atomic mass is 19.4. The number of fused-ring (bicyclic) bond motifs is 4. The van der Waals surface area contributed by atoms with Crippen molar-refractivity contribution in [1.29, 1.82) is 0 Å². The molecule has 3 heterocycles. The molecule has 34 heavy (non-hydrogen) atoms. The van der Waals surface area contributed by atoms with Crippen LogP contribution in [0.2, 0.25) is 0 Å². The van der Waals surface area contributed by atoms with Gasteiger partial charge in [0.25, 0.3) is 0 Å². The minimum Gasteiger partial charge on any atom is -0.445 e. The van der Waals surface area contributed by atoms with Crippen LogP contribution in [0.4, 0.5) is 18.0 Å². The Kier molecular flexibility index (Phi) is 5.87. The minimum absolute atomic E-state index is 0.0456. The number of hydrogen-bond acceptors (Lipinski definition) is 3. The van der Waals surface area contributed by atoms with Crippen molar-refractivity contribution >= 4 is 6.09 Å². The summed E-state index contributed by atoms with van der Waals surface area (Å²) in [7, 11) is 0. The number of piperidine rings is 3. The molecule has 6 rings (SSSR count). The van der Waals surface area contributed by atoms with Crippen molar-refractivity contribution in [3.63, 3.8) is 0 Å². The molecule has 7 heteroatoms. The number of rotatable bonds is 3. The van der Waals surface area contributed by atoms with Crippen LogP contribution in [0.5, 0.6) is 0 Å². The summed E-state index contributed by atoms with van der Waals surface area (Å²) in [6, 6.07) is 11.0. The topological polar surface area (TPSA) is 41.6 Å². The first-order chi connectivity index (χ1) is 16.1. The SMILES string of the molecule is CC1(C)CCc2cc(-c3ccc(C(F)(F)F)cc3)ccc2C1NC(=O)O[C@H]1CN2CCC1CC2. The van der Waals surface area contributed by atoms with Crippen LogP contribution in [0.15, 0.2) is 42.5 Å². The number of amides is 1. The Balaban J connectivity index is 1.34. The van der Waals surface area contributed by atoms with Gasteiger partial charge in [0.05, 0.1) is 11.6 Å². The van der Waals surface area contributed by atoms with E-state index in [1.165, 1.54) is 12.1 Å². The second-order valence-corrected chi connectivity index (χ2v) is 10.6. The number of carbonyl (C=O) groups excluding carboxylic acids is 1. The molecule has 0 spiro atoms. The molecule has 0 aromatic heterocycles. The maximum absolute atomic E-state index is 12.9. The molecule has 0 radical (unpaired) electrons. The van der Waals surface area contributed by atoms with Crippen molar-refractivity contribution in [2.24, 2.45) is 11.3 Å². The summed E-state index contributed by atoms with van der Waals surface area (Å²) in [5.74, 6) is 0.452. The van der Waals surface area contributed by atoms with E-state index < -0.39 is 11.7 Å². The maximum atomic E-state index is 12.9. The summed E-state index contributed by atoms with van der Waals surface area (Å²) in [4.78, 5) is 15.3. The molecule has 4 aliphatic rings. The molecule has 1 unspecified atom stereocenters. The van der Waals surface area contributed by atoms with Crippen LogP contribution in [-0.4, -0.2) is 36.7 Å². The number of carbonyl (C=O) groups is 1. The van der Waals surface area contributed by atoms with E-state index in [9.17, 15) is 18.0 Å². The summed E-state index contributed by atoms with van der Waals surface area (Å²) in [5.41, 5.74) is 2.99. The summed E-state index contributed by atoms with van der Waals surface area (Å²) in [6.45, 7) is 7.31. The van der Waals surface area contributed by atoms with Gasteiger partial charge in [-0.05, 0) is 84.5 Å². The Labute approximate surface area is 198 Å². The third-order valence-electron chi connectivity index (χ3n) is 7.94. The zero-order chi connectivity index (χ0) is 24.1. The number of halogens is 3. The van der Waals surface area contributed by atoms with Crippen molar-refractivity contribution < 1.29 is 22.7 Å². The molecule has 1 aliphatic carbocycles. The molecule has 0 saturated carbocycles. The van der Waals surface area contributed by atoms with Gasteiger partial charge in [-0.3, -0.25) is 4.90 Å². The van der Waals surface area contributed by atoms with Crippen molar-refractivity contribution in [3.8, 4) is 11.1 Å². The second kappa shape index (κ2) is 8.59. The fourth-order valence-electron chi connectivity index (χ4n) is 5.76. The molecular formula is C27H31F3N2O2. The third-order valence-corrected chi connectivity index (χ3v) is 7.94. The molecule has 2 bridgehead atoms. The average molecular weight is 473 g/mol. The van der Waals surface area contributed by atoms with Gasteiger partial charge in [-0.15, -0.1) is 0 Å². The van der Waals surface area contributed by atoms with E-state index in [4.69, 9.17) is 4.74 Å². The fourth-order valence-corrected chi connectivity index (χ4v) is 5.76. The lowest BCUT2D eigenvalue weighted by Gasteiger charge is -2.44. The van der Waals surface area contributed by atoms with Gasteiger partial charge in [0.2, 0.25) is 0 Å². The van der Waals surface area contributed by atoms with E-state index in [1.54, 1.807) is 0 Å². The zero-order valence-electron chi connectivity index (χ0n) is 19.6. The first-order valence-electron chi connectivity index (χ1n) is 12.1. The van der Waals surface area contributed by atoms with Crippen molar-refractivity contribution in [2.45, 2.75) is 57.9 Å². The summed E-state index contributed by atoms with van der Waals surface area (Å²) < 4.78 is 44.6. The number of benzene rings is 2. The van der Waals surface area contributed by atoms with Gasteiger partial charge in [-0.2, -0.15) is 13.2 Å². The van der Waals surface area contributed by atoms with E-state index >= 15 is 0 Å². The first kappa shape index (κ1) is 23.2. The van der Waals surface area contributed by atoms with Crippen molar-refractivity contribution in [3.05, 3.63) is 59.2 Å². The summed E-state index contributed by atoms with van der Waals surface area (Å²) in [6.07, 6.45) is -0.843. The van der Waals surface area contributed by atoms with Crippen LogP contribution in [0, 0.1) is 11.3 Å². The Morgan fingerprint density at radius 3 is 2.35 bits per heavy atom. The predicted molar refractivity (Wildman–Crippen MR) is 124 cm³/mol. The maximum Gasteiger partial charge on any atom is 0.416 e. The molecule has 4 nitrogen and oxygen atoms in total. The van der Waals surface area contributed by atoms with Crippen LogP contribution in [-0.2, 0) is 17.3 Å². The van der Waals surface area contributed by atoms with Crippen LogP contribution in [0.25, 0.3) is 11.1 Å². The van der Waals surface area contributed by atoms with Crippen LogP contribution in [0.3, 0.4) is 0 Å². The van der Waals surface area contributed by atoms with Gasteiger partial charge >= 0.3 is 12.3 Å². The summed E-state index contributed by atoms with van der Waals surface area (Å²) in [5, 5.41) is 3.15. The molecule has 1 N–H and O–H groups in total. The highest BCUT2D eigenvalue weighted by Gasteiger charge is 2.40. The number of nitrogens with zero attached hydrogens (tertiary/aromatic N) is 1. The minimum atomic E-state index is -4.35. The largest absolute Gasteiger partial charge is 0.445 e. The second-order valence-electron chi connectivity index (χ2n) is 10.6. The zero-order valence-corrected chi connectivity index (χ0v) is 19.6. The Morgan fingerprint density at radius 1 is 1.06 bits per heavy atom. The predicted octanol–water partition coefficient (Wildman–Crippen LogP) is 6.21. The standard InChI is InChI=1S/C27H31F3N2O2/c1-26(2)12-9-20-15-19(17-3-6-21(7-4-17)27(28,29)30)5-8-22(20)24(26)31-25(33)34-23-16-32-13-10-18(23)11-14-32/h3-8,15,18,23-24H,9-14,16H2,1-2H3,(H,31,33)/t23-,24?/m0/s1. The van der Waals surface area contributed by atoms with E-state index in [2.05, 4.69) is 24.1 Å². The van der Waals surface area contributed by atoms with E-state index in [1.807, 2.05) is 18.2 Å². The first-order valence-corrected chi connectivity index (χ1v) is 12.1. The third kappa shape index (κ3) is 4.54. The molecular weight excluding hydrogens is 441 g/mol. The molecule has 182 valence electrons. The smallest absolute Gasteiger partial charge is 0.416 e. The van der Waals surface area contributed by atoms with Crippen LogP contribution >= 0.6 is 0 Å². The lowest BCUT2D eigenvalue weighted by Crippen LogP contribution is -2.53. The molecule has 3 fully saturated rings. The summed E-state index contributed by atoms with van der Waals surface area (Å²) >= 11 is 0. The van der Waals surface area contributed by atoms with Crippen LogP contribution in [0.1, 0.15) is 55.8 Å². The molecule has 2 aromatic carbocycles. The van der Waals surface area contributed by atoms with Crippen LogP contribution < -0.4 is 5.32 Å². The normalized spacial score (nSPS) is 27.7. The lowest BCUT2D eigenvalue weighted by molar-refractivity contribution is -0.137. The Hall–Kier alpha value is -2.54. The van der Waals surface area contributed by atoms with Gasteiger partial charge in [0.1, 0.15) is 6.10 Å². The van der Waals surface area contributed by atoms with E-state index in [0.29, 0.717) is 5.92 Å². The molecule has 3 aliphatic heterocycles. The van der Waals surface area contributed by atoms with Crippen molar-refractivity contribution in [2.75, 3.05) is 19.6 Å². The van der Waals surface area contributed by atoms with E-state index in [-0.39, 0.29) is 23.7 Å². The Bertz CT molecular complexity index is 1060.